The second-order valence-corrected chi connectivity index (χ2v) is 5.28. The summed E-state index contributed by atoms with van der Waals surface area (Å²) in [6.07, 6.45) is 3.76. The Bertz CT molecular complexity index is 75.6. The minimum absolute atomic E-state index is 0.731. The van der Waals surface area contributed by atoms with Crippen LogP contribution in [0.25, 0.3) is 0 Å². The molecule has 2 unspecified atom stereocenters. The lowest BCUT2D eigenvalue weighted by Gasteiger charge is -2.14. The van der Waals surface area contributed by atoms with E-state index in [1.807, 2.05) is 0 Å². The van der Waals surface area contributed by atoms with Gasteiger partial charge in [-0.25, -0.2) is 0 Å². The highest BCUT2D eigenvalue weighted by Gasteiger charge is 2.06. The van der Waals surface area contributed by atoms with Crippen LogP contribution in [0.2, 0.25) is 0 Å². The maximum absolute atomic E-state index is 5.64. The van der Waals surface area contributed by atoms with Crippen LogP contribution in [0.15, 0.2) is 0 Å². The van der Waals surface area contributed by atoms with Crippen LogP contribution >= 0.6 is 23.4 Å². The van der Waals surface area contributed by atoms with Gasteiger partial charge in [-0.1, -0.05) is 27.2 Å². The van der Waals surface area contributed by atoms with E-state index in [0.29, 0.717) is 0 Å². The van der Waals surface area contributed by atoms with Crippen LogP contribution in [0.3, 0.4) is 0 Å². The molecule has 68 valence electrons. The van der Waals surface area contributed by atoms with Crippen molar-refractivity contribution in [3.05, 3.63) is 0 Å². The largest absolute Gasteiger partial charge is 0.156 e. The molecule has 0 nitrogen and oxygen atoms in total. The average Bonchev–Trinajstić information content (AvgIpc) is 1.87. The lowest BCUT2D eigenvalue weighted by atomic mass is 10.3. The molecule has 0 aromatic heterocycles. The molecule has 0 N–H and O–H groups in total. The van der Waals surface area contributed by atoms with Crippen molar-refractivity contribution in [3.8, 4) is 0 Å². The highest BCUT2D eigenvalue weighted by atomic mass is 35.5. The van der Waals surface area contributed by atoms with Crippen molar-refractivity contribution in [2.24, 2.45) is 0 Å². The third-order valence-electron chi connectivity index (χ3n) is 1.68. The Kier molecular flexibility index (Phi) is 7.72. The molecule has 0 rings (SSSR count). The van der Waals surface area contributed by atoms with Crippen LogP contribution in [0.4, 0.5) is 0 Å². The molecular weight excluding hydrogens is 176 g/mol. The lowest BCUT2D eigenvalue weighted by molar-refractivity contribution is 0.778. The van der Waals surface area contributed by atoms with Gasteiger partial charge in [-0.2, -0.15) is 11.8 Å². The molecular formula is C9H19ClS. The van der Waals surface area contributed by atoms with Gasteiger partial charge in [0.05, 0.1) is 0 Å². The normalized spacial score (nSPS) is 16.4. The van der Waals surface area contributed by atoms with Crippen LogP contribution in [-0.2, 0) is 0 Å². The Labute approximate surface area is 80.1 Å². The summed E-state index contributed by atoms with van der Waals surface area (Å²) in [5, 5.41) is 1.53. The Balaban J connectivity index is 3.32. The maximum atomic E-state index is 5.64. The first-order valence-electron chi connectivity index (χ1n) is 4.42. The van der Waals surface area contributed by atoms with Crippen LogP contribution in [0, 0.1) is 0 Å². The first kappa shape index (κ1) is 11.6. The average molecular weight is 195 g/mol. The molecule has 2 atom stereocenters. The van der Waals surface area contributed by atoms with Crippen molar-refractivity contribution >= 4 is 23.4 Å². The van der Waals surface area contributed by atoms with E-state index in [-0.39, 0.29) is 0 Å². The zero-order valence-corrected chi connectivity index (χ0v) is 9.34. The number of hydrogen-bond donors (Lipinski definition) is 0. The summed E-state index contributed by atoms with van der Waals surface area (Å²) < 4.78 is 0. The number of rotatable bonds is 6. The highest BCUT2D eigenvalue weighted by Crippen LogP contribution is 2.23. The number of hydrogen-bond acceptors (Lipinski definition) is 1. The first-order valence-corrected chi connectivity index (χ1v) is 5.89. The van der Waals surface area contributed by atoms with E-state index in [1.54, 1.807) is 0 Å². The summed E-state index contributed by atoms with van der Waals surface area (Å²) in [5.41, 5.74) is 0. The third-order valence-corrected chi connectivity index (χ3v) is 3.29. The fraction of sp³-hybridized carbons (Fsp3) is 1.00. The lowest BCUT2D eigenvalue weighted by Crippen LogP contribution is -2.04. The number of halogens is 1. The van der Waals surface area contributed by atoms with Crippen molar-refractivity contribution in [2.75, 3.05) is 5.88 Å². The van der Waals surface area contributed by atoms with E-state index in [0.717, 1.165) is 22.8 Å². The molecule has 0 aliphatic rings. The summed E-state index contributed by atoms with van der Waals surface area (Å²) in [7, 11) is 0. The van der Waals surface area contributed by atoms with Crippen LogP contribution < -0.4 is 0 Å². The molecule has 0 saturated carbocycles. The highest BCUT2D eigenvalue weighted by molar-refractivity contribution is 8.00. The molecule has 0 amide bonds. The van der Waals surface area contributed by atoms with E-state index in [2.05, 4.69) is 32.5 Å². The Hall–Kier alpha value is 0.640. The van der Waals surface area contributed by atoms with Crippen LogP contribution in [0.1, 0.15) is 40.0 Å². The topological polar surface area (TPSA) is 0 Å². The molecule has 0 radical (unpaired) electrons. The third kappa shape index (κ3) is 7.02. The molecule has 0 aliphatic heterocycles. The van der Waals surface area contributed by atoms with E-state index in [1.165, 1.54) is 12.8 Å². The maximum Gasteiger partial charge on any atom is 0.0233 e. The van der Waals surface area contributed by atoms with Gasteiger partial charge in [0.1, 0.15) is 0 Å². The standard InChI is InChI=1S/C9H19ClS/c1-4-5-8(2)11-9(3)6-7-10/h8-9H,4-7H2,1-3H3. The van der Waals surface area contributed by atoms with Gasteiger partial charge in [-0.05, 0) is 12.8 Å². The van der Waals surface area contributed by atoms with E-state index in [9.17, 15) is 0 Å². The Morgan fingerprint density at radius 1 is 1.18 bits per heavy atom. The molecule has 0 aromatic rings. The number of thioether (sulfide) groups is 1. The van der Waals surface area contributed by atoms with Crippen molar-refractivity contribution in [2.45, 2.75) is 50.5 Å². The van der Waals surface area contributed by atoms with E-state index in [4.69, 9.17) is 11.6 Å². The zero-order valence-electron chi connectivity index (χ0n) is 7.77. The van der Waals surface area contributed by atoms with E-state index < -0.39 is 0 Å². The summed E-state index contributed by atoms with van der Waals surface area (Å²) in [5.74, 6) is 0.799. The second kappa shape index (κ2) is 7.30. The smallest absolute Gasteiger partial charge is 0.0233 e. The summed E-state index contributed by atoms with van der Waals surface area (Å²) >= 11 is 7.71. The van der Waals surface area contributed by atoms with E-state index >= 15 is 0 Å². The van der Waals surface area contributed by atoms with Crippen LogP contribution in [0.5, 0.6) is 0 Å². The summed E-state index contributed by atoms with van der Waals surface area (Å²) in [6.45, 7) is 6.81. The zero-order chi connectivity index (χ0) is 8.69. The first-order chi connectivity index (χ1) is 5.20. The van der Waals surface area contributed by atoms with Crippen molar-refractivity contribution in [1.29, 1.82) is 0 Å². The number of alkyl halides is 1. The van der Waals surface area contributed by atoms with Gasteiger partial charge in [0.2, 0.25) is 0 Å². The minimum atomic E-state index is 0.731. The summed E-state index contributed by atoms with van der Waals surface area (Å²) in [6, 6.07) is 0. The van der Waals surface area contributed by atoms with Gasteiger partial charge >= 0.3 is 0 Å². The second-order valence-electron chi connectivity index (χ2n) is 3.02. The monoisotopic (exact) mass is 194 g/mol. The van der Waals surface area contributed by atoms with Gasteiger partial charge in [-0.3, -0.25) is 0 Å². The molecule has 0 aliphatic carbocycles. The van der Waals surface area contributed by atoms with Crippen molar-refractivity contribution in [3.63, 3.8) is 0 Å². The minimum Gasteiger partial charge on any atom is -0.156 e. The van der Waals surface area contributed by atoms with Crippen LogP contribution in [-0.4, -0.2) is 16.4 Å². The van der Waals surface area contributed by atoms with Gasteiger partial charge in [0.15, 0.2) is 0 Å². The Morgan fingerprint density at radius 2 is 1.73 bits per heavy atom. The fourth-order valence-electron chi connectivity index (χ4n) is 1.09. The Morgan fingerprint density at radius 3 is 2.18 bits per heavy atom. The van der Waals surface area contributed by atoms with Gasteiger partial charge in [0, 0.05) is 16.4 Å². The SMILES string of the molecule is CCCC(C)SC(C)CCCl. The quantitative estimate of drug-likeness (QED) is 0.578. The van der Waals surface area contributed by atoms with Crippen molar-refractivity contribution in [1.82, 2.24) is 0 Å². The summed E-state index contributed by atoms with van der Waals surface area (Å²) in [4.78, 5) is 0. The molecule has 11 heavy (non-hydrogen) atoms. The predicted octanol–water partition coefficient (Wildman–Crippen LogP) is 3.93. The molecule has 0 bridgehead atoms. The molecule has 2 heteroatoms. The molecule has 0 fully saturated rings. The molecule has 0 spiro atoms. The molecule has 0 aromatic carbocycles. The van der Waals surface area contributed by atoms with Gasteiger partial charge in [0.25, 0.3) is 0 Å². The fourth-order valence-corrected chi connectivity index (χ4v) is 2.97. The van der Waals surface area contributed by atoms with Gasteiger partial charge < -0.3 is 0 Å². The predicted molar refractivity (Wildman–Crippen MR) is 56.8 cm³/mol. The molecule has 0 heterocycles. The molecule has 0 saturated heterocycles. The van der Waals surface area contributed by atoms with Crippen molar-refractivity contribution < 1.29 is 0 Å². The van der Waals surface area contributed by atoms with Gasteiger partial charge in [-0.15, -0.1) is 11.6 Å².